The predicted molar refractivity (Wildman–Crippen MR) is 83.1 cm³/mol. The van der Waals surface area contributed by atoms with E-state index in [0.717, 1.165) is 25.3 Å². The first kappa shape index (κ1) is 15.0. The largest absolute Gasteiger partial charge is 0.325 e. The SMILES string of the molecule is CC(C)c1ccccc1NC(=O)CN1CCNCC1C. The lowest BCUT2D eigenvalue weighted by Gasteiger charge is -2.33. The van der Waals surface area contributed by atoms with E-state index in [1.807, 2.05) is 18.2 Å². The molecule has 0 radical (unpaired) electrons. The fourth-order valence-electron chi connectivity index (χ4n) is 2.61. The first-order valence-electron chi connectivity index (χ1n) is 7.41. The number of amides is 1. The molecule has 1 aliphatic heterocycles. The molecule has 0 aliphatic carbocycles. The highest BCUT2D eigenvalue weighted by atomic mass is 16.2. The summed E-state index contributed by atoms with van der Waals surface area (Å²) in [5.74, 6) is 0.483. The van der Waals surface area contributed by atoms with Crippen LogP contribution in [0.25, 0.3) is 0 Å². The zero-order valence-electron chi connectivity index (χ0n) is 12.6. The number of anilines is 1. The maximum atomic E-state index is 12.2. The summed E-state index contributed by atoms with van der Waals surface area (Å²) in [6.07, 6.45) is 0. The van der Waals surface area contributed by atoms with Crippen LogP contribution < -0.4 is 10.6 Å². The lowest BCUT2D eigenvalue weighted by Crippen LogP contribution is -2.52. The van der Waals surface area contributed by atoms with Crippen molar-refractivity contribution in [3.8, 4) is 0 Å². The summed E-state index contributed by atoms with van der Waals surface area (Å²) in [5, 5.41) is 6.40. The number of nitrogens with zero attached hydrogens (tertiary/aromatic N) is 1. The van der Waals surface area contributed by atoms with Gasteiger partial charge in [0.1, 0.15) is 0 Å². The van der Waals surface area contributed by atoms with E-state index in [2.05, 4.69) is 42.4 Å². The normalized spacial score (nSPS) is 20.1. The van der Waals surface area contributed by atoms with Crippen LogP contribution in [0.1, 0.15) is 32.3 Å². The van der Waals surface area contributed by atoms with Crippen LogP contribution in [0, 0.1) is 0 Å². The molecule has 4 nitrogen and oxygen atoms in total. The van der Waals surface area contributed by atoms with Crippen molar-refractivity contribution in [2.45, 2.75) is 32.7 Å². The number of para-hydroxylation sites is 1. The van der Waals surface area contributed by atoms with Gasteiger partial charge in [0.25, 0.3) is 0 Å². The summed E-state index contributed by atoms with van der Waals surface area (Å²) in [7, 11) is 0. The summed E-state index contributed by atoms with van der Waals surface area (Å²) >= 11 is 0. The Labute approximate surface area is 121 Å². The third-order valence-electron chi connectivity index (χ3n) is 3.84. The number of piperazine rings is 1. The van der Waals surface area contributed by atoms with Gasteiger partial charge in [0.15, 0.2) is 0 Å². The number of nitrogens with one attached hydrogen (secondary N) is 2. The van der Waals surface area contributed by atoms with Crippen molar-refractivity contribution in [2.24, 2.45) is 0 Å². The summed E-state index contributed by atoms with van der Waals surface area (Å²) in [6.45, 7) is 9.75. The Balaban J connectivity index is 1.97. The predicted octanol–water partition coefficient (Wildman–Crippen LogP) is 2.04. The van der Waals surface area contributed by atoms with Crippen molar-refractivity contribution in [3.05, 3.63) is 29.8 Å². The first-order chi connectivity index (χ1) is 9.58. The fraction of sp³-hybridized carbons (Fsp3) is 0.562. The van der Waals surface area contributed by atoms with Crippen LogP contribution in [0.15, 0.2) is 24.3 Å². The Morgan fingerprint density at radius 1 is 1.45 bits per heavy atom. The van der Waals surface area contributed by atoms with E-state index in [-0.39, 0.29) is 5.91 Å². The van der Waals surface area contributed by atoms with Crippen molar-refractivity contribution >= 4 is 11.6 Å². The Bertz CT molecular complexity index is 459. The van der Waals surface area contributed by atoms with Crippen LogP contribution in [0.3, 0.4) is 0 Å². The van der Waals surface area contributed by atoms with Crippen LogP contribution in [-0.2, 0) is 4.79 Å². The standard InChI is InChI=1S/C16H25N3O/c1-12(2)14-6-4-5-7-15(14)18-16(20)11-19-9-8-17-10-13(19)3/h4-7,12-13,17H,8-11H2,1-3H3,(H,18,20). The van der Waals surface area contributed by atoms with E-state index < -0.39 is 0 Å². The van der Waals surface area contributed by atoms with Crippen LogP contribution >= 0.6 is 0 Å². The van der Waals surface area contributed by atoms with E-state index in [0.29, 0.717) is 18.5 Å². The minimum atomic E-state index is 0.0758. The second kappa shape index (κ2) is 6.86. The zero-order chi connectivity index (χ0) is 14.5. The van der Waals surface area contributed by atoms with Crippen molar-refractivity contribution in [3.63, 3.8) is 0 Å². The van der Waals surface area contributed by atoms with Crippen LogP contribution in [0.2, 0.25) is 0 Å². The lowest BCUT2D eigenvalue weighted by atomic mass is 10.0. The van der Waals surface area contributed by atoms with Gasteiger partial charge >= 0.3 is 0 Å². The molecule has 1 fully saturated rings. The number of carbonyl (C=O) groups excluding carboxylic acids is 1. The molecule has 1 unspecified atom stereocenters. The fourth-order valence-corrected chi connectivity index (χ4v) is 2.61. The molecule has 4 heteroatoms. The average molecular weight is 275 g/mol. The maximum Gasteiger partial charge on any atom is 0.238 e. The molecule has 0 saturated carbocycles. The van der Waals surface area contributed by atoms with E-state index in [9.17, 15) is 4.79 Å². The number of rotatable bonds is 4. The average Bonchev–Trinajstić information content (AvgIpc) is 2.41. The monoisotopic (exact) mass is 275 g/mol. The maximum absolute atomic E-state index is 12.2. The molecule has 0 aromatic heterocycles. The molecule has 1 atom stereocenters. The van der Waals surface area contributed by atoms with Gasteiger partial charge in [-0.3, -0.25) is 9.69 Å². The summed E-state index contributed by atoms with van der Waals surface area (Å²) in [6, 6.07) is 8.45. The molecule has 110 valence electrons. The van der Waals surface area contributed by atoms with Gasteiger partial charge in [0, 0.05) is 31.4 Å². The van der Waals surface area contributed by atoms with Gasteiger partial charge < -0.3 is 10.6 Å². The molecule has 1 saturated heterocycles. The van der Waals surface area contributed by atoms with Crippen molar-refractivity contribution in [1.82, 2.24) is 10.2 Å². The molecular formula is C16H25N3O. The zero-order valence-corrected chi connectivity index (χ0v) is 12.6. The molecule has 1 aliphatic rings. The highest BCUT2D eigenvalue weighted by Gasteiger charge is 2.20. The summed E-state index contributed by atoms with van der Waals surface area (Å²) < 4.78 is 0. The summed E-state index contributed by atoms with van der Waals surface area (Å²) in [5.41, 5.74) is 2.13. The lowest BCUT2D eigenvalue weighted by molar-refractivity contribution is -0.118. The molecule has 0 bridgehead atoms. The van der Waals surface area contributed by atoms with Crippen molar-refractivity contribution < 1.29 is 4.79 Å². The minimum absolute atomic E-state index is 0.0758. The Morgan fingerprint density at radius 2 is 2.20 bits per heavy atom. The molecule has 0 spiro atoms. The number of carbonyl (C=O) groups is 1. The topological polar surface area (TPSA) is 44.4 Å². The molecule has 1 aromatic rings. The van der Waals surface area contributed by atoms with Crippen molar-refractivity contribution in [1.29, 1.82) is 0 Å². The number of hydrogen-bond donors (Lipinski definition) is 2. The molecule has 2 rings (SSSR count). The third kappa shape index (κ3) is 3.81. The molecule has 1 amide bonds. The molecule has 1 heterocycles. The second-order valence-corrected chi connectivity index (χ2v) is 5.81. The number of hydrogen-bond acceptors (Lipinski definition) is 3. The van der Waals surface area contributed by atoms with Gasteiger partial charge in [-0.05, 0) is 24.5 Å². The third-order valence-corrected chi connectivity index (χ3v) is 3.84. The van der Waals surface area contributed by atoms with Crippen LogP contribution in [-0.4, -0.2) is 43.0 Å². The van der Waals surface area contributed by atoms with Gasteiger partial charge in [0.2, 0.25) is 5.91 Å². The Morgan fingerprint density at radius 3 is 2.90 bits per heavy atom. The van der Waals surface area contributed by atoms with Gasteiger partial charge in [-0.2, -0.15) is 0 Å². The van der Waals surface area contributed by atoms with Gasteiger partial charge in [-0.25, -0.2) is 0 Å². The smallest absolute Gasteiger partial charge is 0.238 e. The van der Waals surface area contributed by atoms with Gasteiger partial charge in [0.05, 0.1) is 6.54 Å². The highest BCUT2D eigenvalue weighted by molar-refractivity contribution is 5.93. The van der Waals surface area contributed by atoms with E-state index >= 15 is 0 Å². The van der Waals surface area contributed by atoms with Gasteiger partial charge in [-0.15, -0.1) is 0 Å². The van der Waals surface area contributed by atoms with Gasteiger partial charge in [-0.1, -0.05) is 32.0 Å². The van der Waals surface area contributed by atoms with Crippen LogP contribution in [0.4, 0.5) is 5.69 Å². The van der Waals surface area contributed by atoms with E-state index in [1.54, 1.807) is 0 Å². The quantitative estimate of drug-likeness (QED) is 0.884. The van der Waals surface area contributed by atoms with E-state index in [4.69, 9.17) is 0 Å². The Kier molecular flexibility index (Phi) is 5.15. The summed E-state index contributed by atoms with van der Waals surface area (Å²) in [4.78, 5) is 14.5. The molecular weight excluding hydrogens is 250 g/mol. The second-order valence-electron chi connectivity index (χ2n) is 5.81. The first-order valence-corrected chi connectivity index (χ1v) is 7.41. The molecule has 2 N–H and O–H groups in total. The highest BCUT2D eigenvalue weighted by Crippen LogP contribution is 2.23. The molecule has 20 heavy (non-hydrogen) atoms. The number of benzene rings is 1. The molecule has 1 aromatic carbocycles. The van der Waals surface area contributed by atoms with Crippen LogP contribution in [0.5, 0.6) is 0 Å². The van der Waals surface area contributed by atoms with E-state index in [1.165, 1.54) is 5.56 Å². The van der Waals surface area contributed by atoms with Crippen molar-refractivity contribution in [2.75, 3.05) is 31.5 Å². The minimum Gasteiger partial charge on any atom is -0.325 e. The Hall–Kier alpha value is -1.39.